The van der Waals surface area contributed by atoms with Crippen molar-refractivity contribution in [1.82, 2.24) is 4.98 Å². The Kier molecular flexibility index (Phi) is 2.10. The van der Waals surface area contributed by atoms with Crippen molar-refractivity contribution in [1.29, 1.82) is 0 Å². The number of aliphatic hydroxyl groups is 1. The van der Waals surface area contributed by atoms with Crippen molar-refractivity contribution in [2.75, 3.05) is 0 Å². The van der Waals surface area contributed by atoms with Crippen molar-refractivity contribution in [3.8, 4) is 5.75 Å². The molecule has 1 heterocycles. The zero-order valence-corrected chi connectivity index (χ0v) is 6.33. The summed E-state index contributed by atoms with van der Waals surface area (Å²) in [6, 6.07) is 0. The van der Waals surface area contributed by atoms with Crippen molar-refractivity contribution >= 4 is 0 Å². The van der Waals surface area contributed by atoms with E-state index in [0.717, 1.165) is 0 Å². The number of aromatic hydroxyl groups is 1. The molecule has 1 aromatic heterocycles. The average Bonchev–Trinajstić information content (AvgIpc) is 2.01. The van der Waals surface area contributed by atoms with Crippen LogP contribution in [0.4, 0.5) is 0 Å². The SMILES string of the molecule is [CH2]c1cnc(CO)c(O)c1C. The van der Waals surface area contributed by atoms with Gasteiger partial charge in [-0.1, -0.05) is 0 Å². The van der Waals surface area contributed by atoms with Gasteiger partial charge in [-0.05, 0) is 25.0 Å². The Morgan fingerprint density at radius 2 is 2.27 bits per heavy atom. The fraction of sp³-hybridized carbons (Fsp3) is 0.250. The highest BCUT2D eigenvalue weighted by Gasteiger charge is 2.05. The first-order valence-corrected chi connectivity index (χ1v) is 3.27. The first-order chi connectivity index (χ1) is 5.16. The largest absolute Gasteiger partial charge is 0.506 e. The highest BCUT2D eigenvalue weighted by atomic mass is 16.3. The molecule has 0 saturated heterocycles. The summed E-state index contributed by atoms with van der Waals surface area (Å²) >= 11 is 0. The van der Waals surface area contributed by atoms with Crippen LogP contribution in [0.15, 0.2) is 6.20 Å². The van der Waals surface area contributed by atoms with Gasteiger partial charge in [0, 0.05) is 6.20 Å². The number of hydrogen-bond donors (Lipinski definition) is 2. The van der Waals surface area contributed by atoms with Crippen LogP contribution in [0.5, 0.6) is 5.75 Å². The van der Waals surface area contributed by atoms with E-state index < -0.39 is 0 Å². The highest BCUT2D eigenvalue weighted by Crippen LogP contribution is 2.21. The van der Waals surface area contributed by atoms with Crippen LogP contribution in [-0.4, -0.2) is 15.2 Å². The van der Waals surface area contributed by atoms with Crippen molar-refractivity contribution in [3.63, 3.8) is 0 Å². The molecule has 0 amide bonds. The van der Waals surface area contributed by atoms with Crippen molar-refractivity contribution in [2.45, 2.75) is 13.5 Å². The van der Waals surface area contributed by atoms with E-state index in [1.807, 2.05) is 0 Å². The second-order valence-electron chi connectivity index (χ2n) is 2.36. The zero-order valence-electron chi connectivity index (χ0n) is 6.33. The summed E-state index contributed by atoms with van der Waals surface area (Å²) in [5, 5.41) is 18.0. The van der Waals surface area contributed by atoms with E-state index in [1.54, 1.807) is 6.92 Å². The van der Waals surface area contributed by atoms with Gasteiger partial charge in [-0.25, -0.2) is 0 Å². The number of hydrogen-bond acceptors (Lipinski definition) is 3. The van der Waals surface area contributed by atoms with Gasteiger partial charge in [-0.2, -0.15) is 0 Å². The van der Waals surface area contributed by atoms with Gasteiger partial charge < -0.3 is 10.2 Å². The van der Waals surface area contributed by atoms with E-state index >= 15 is 0 Å². The molecule has 2 N–H and O–H groups in total. The Morgan fingerprint density at radius 1 is 1.64 bits per heavy atom. The van der Waals surface area contributed by atoms with Crippen LogP contribution in [0.2, 0.25) is 0 Å². The normalized spacial score (nSPS) is 10.1. The van der Waals surface area contributed by atoms with Gasteiger partial charge in [0.25, 0.3) is 0 Å². The van der Waals surface area contributed by atoms with Gasteiger partial charge in [-0.15, -0.1) is 0 Å². The van der Waals surface area contributed by atoms with Crippen molar-refractivity contribution in [2.24, 2.45) is 0 Å². The van der Waals surface area contributed by atoms with E-state index in [2.05, 4.69) is 11.9 Å². The third-order valence-electron chi connectivity index (χ3n) is 1.64. The van der Waals surface area contributed by atoms with Crippen LogP contribution in [0.3, 0.4) is 0 Å². The van der Waals surface area contributed by atoms with Crippen LogP contribution in [0.25, 0.3) is 0 Å². The first kappa shape index (κ1) is 8.01. The van der Waals surface area contributed by atoms with Gasteiger partial charge in [0.2, 0.25) is 0 Å². The molecule has 0 aliphatic heterocycles. The maximum Gasteiger partial charge on any atom is 0.142 e. The van der Waals surface area contributed by atoms with Crippen molar-refractivity contribution in [3.05, 3.63) is 29.9 Å². The van der Waals surface area contributed by atoms with Gasteiger partial charge in [0.1, 0.15) is 11.4 Å². The lowest BCUT2D eigenvalue weighted by atomic mass is 10.1. The van der Waals surface area contributed by atoms with E-state index in [0.29, 0.717) is 16.8 Å². The number of nitrogens with zero attached hydrogens (tertiary/aromatic N) is 1. The molecule has 0 aliphatic carbocycles. The third-order valence-corrected chi connectivity index (χ3v) is 1.64. The summed E-state index contributed by atoms with van der Waals surface area (Å²) in [6.07, 6.45) is 1.53. The van der Waals surface area contributed by atoms with Gasteiger partial charge in [0.05, 0.1) is 6.61 Å². The monoisotopic (exact) mass is 152 g/mol. The summed E-state index contributed by atoms with van der Waals surface area (Å²) < 4.78 is 0. The molecular formula is C8H10NO2. The standard InChI is InChI=1S/C8H10NO2/c1-5-3-9-7(4-10)8(11)6(5)2/h3,10-11H,1,4H2,2H3. The molecule has 0 bridgehead atoms. The number of pyridine rings is 1. The van der Waals surface area contributed by atoms with Crippen molar-refractivity contribution < 1.29 is 10.2 Å². The minimum absolute atomic E-state index is 0.0417. The summed E-state index contributed by atoms with van der Waals surface area (Å²) in [6.45, 7) is 5.14. The average molecular weight is 152 g/mol. The molecule has 0 aromatic carbocycles. The summed E-state index contributed by atoms with van der Waals surface area (Å²) in [5.41, 5.74) is 1.65. The quantitative estimate of drug-likeness (QED) is 0.625. The van der Waals surface area contributed by atoms with Crippen LogP contribution >= 0.6 is 0 Å². The van der Waals surface area contributed by atoms with Gasteiger partial charge in [0.15, 0.2) is 0 Å². The molecule has 0 aliphatic rings. The van der Waals surface area contributed by atoms with Gasteiger partial charge in [-0.3, -0.25) is 4.98 Å². The summed E-state index contributed by atoms with van der Waals surface area (Å²) in [4.78, 5) is 3.79. The Bertz CT molecular complexity index is 271. The minimum atomic E-state index is -0.243. The lowest BCUT2D eigenvalue weighted by Crippen LogP contribution is -1.93. The smallest absolute Gasteiger partial charge is 0.142 e. The molecule has 59 valence electrons. The summed E-state index contributed by atoms with van der Waals surface area (Å²) in [5.74, 6) is 0.0417. The van der Waals surface area contributed by atoms with E-state index in [-0.39, 0.29) is 12.4 Å². The predicted octanol–water partition coefficient (Wildman–Crippen LogP) is 0.770. The molecule has 0 atom stereocenters. The Labute approximate surface area is 65.3 Å². The van der Waals surface area contributed by atoms with Crippen LogP contribution < -0.4 is 0 Å². The van der Waals surface area contributed by atoms with Crippen LogP contribution in [0.1, 0.15) is 16.8 Å². The number of aromatic nitrogens is 1. The fourth-order valence-corrected chi connectivity index (χ4v) is 0.798. The second kappa shape index (κ2) is 2.88. The van der Waals surface area contributed by atoms with Gasteiger partial charge >= 0.3 is 0 Å². The molecule has 0 unspecified atom stereocenters. The fourth-order valence-electron chi connectivity index (χ4n) is 0.798. The maximum atomic E-state index is 9.32. The van der Waals surface area contributed by atoms with Crippen LogP contribution in [0, 0.1) is 13.8 Å². The van der Waals surface area contributed by atoms with E-state index in [4.69, 9.17) is 5.11 Å². The topological polar surface area (TPSA) is 53.4 Å². The Morgan fingerprint density at radius 3 is 2.82 bits per heavy atom. The predicted molar refractivity (Wildman–Crippen MR) is 41.0 cm³/mol. The lowest BCUT2D eigenvalue weighted by molar-refractivity contribution is 0.269. The molecular weight excluding hydrogens is 142 g/mol. The molecule has 1 radical (unpaired) electrons. The molecule has 0 spiro atoms. The molecule has 3 heteroatoms. The van der Waals surface area contributed by atoms with Crippen LogP contribution in [-0.2, 0) is 6.61 Å². The molecule has 0 fully saturated rings. The minimum Gasteiger partial charge on any atom is -0.506 e. The molecule has 3 nitrogen and oxygen atoms in total. The lowest BCUT2D eigenvalue weighted by Gasteiger charge is -2.05. The third kappa shape index (κ3) is 1.33. The van der Waals surface area contributed by atoms with E-state index in [1.165, 1.54) is 6.20 Å². The zero-order chi connectivity index (χ0) is 8.43. The second-order valence-corrected chi connectivity index (χ2v) is 2.36. The molecule has 11 heavy (non-hydrogen) atoms. The highest BCUT2D eigenvalue weighted by molar-refractivity contribution is 5.40. The Hall–Kier alpha value is -1.09. The molecule has 1 rings (SSSR count). The van der Waals surface area contributed by atoms with E-state index in [9.17, 15) is 5.11 Å². The number of aliphatic hydroxyl groups excluding tert-OH is 1. The number of rotatable bonds is 1. The molecule has 1 aromatic rings. The molecule has 0 saturated carbocycles. The Balaban J connectivity index is 3.25. The maximum absolute atomic E-state index is 9.32. The summed E-state index contributed by atoms with van der Waals surface area (Å²) in [7, 11) is 0. The first-order valence-electron chi connectivity index (χ1n) is 3.27.